The molecule has 1 aromatic carbocycles. The summed E-state index contributed by atoms with van der Waals surface area (Å²) in [7, 11) is 0.921. The number of fused-ring (bicyclic) bond motifs is 4. The summed E-state index contributed by atoms with van der Waals surface area (Å²) < 4.78 is 73.1. The fourth-order valence-electron chi connectivity index (χ4n) is 9.38. The topological polar surface area (TPSA) is 227 Å². The summed E-state index contributed by atoms with van der Waals surface area (Å²) in [5, 5.41) is 17.1. The van der Waals surface area contributed by atoms with E-state index >= 15 is 0 Å². The van der Waals surface area contributed by atoms with Gasteiger partial charge in [0.05, 0.1) is 48.8 Å². The number of sulfonamides is 1. The third kappa shape index (κ3) is 10.0. The predicted molar refractivity (Wildman–Crippen MR) is 215 cm³/mol. The van der Waals surface area contributed by atoms with Crippen LogP contribution >= 0.6 is 0 Å². The van der Waals surface area contributed by atoms with Gasteiger partial charge in [0.15, 0.2) is 11.9 Å². The van der Waals surface area contributed by atoms with E-state index in [0.29, 0.717) is 12.2 Å². The molecule has 4 N–H and O–H groups in total. The molecule has 0 saturated carbocycles. The number of benzene rings is 1. The number of cyclic esters (lactones) is 1. The molecular weight excluding hydrogens is 805 g/mol. The predicted octanol–water partition coefficient (Wildman–Crippen LogP) is 2.74. The average Bonchev–Trinajstić information content (AvgIpc) is 3.50. The first-order valence-electron chi connectivity index (χ1n) is 20.7. The molecule has 4 fully saturated rings. The second-order valence-electron chi connectivity index (χ2n) is 17.5. The van der Waals surface area contributed by atoms with Crippen LogP contribution in [0.3, 0.4) is 0 Å². The van der Waals surface area contributed by atoms with Crippen molar-refractivity contribution in [3.8, 4) is 5.75 Å². The molecule has 0 aliphatic carbocycles. The summed E-state index contributed by atoms with van der Waals surface area (Å²) >= 11 is 0. The van der Waals surface area contributed by atoms with Crippen molar-refractivity contribution in [2.75, 3.05) is 34.4 Å². The van der Waals surface area contributed by atoms with Crippen LogP contribution in [-0.2, 0) is 48.0 Å². The summed E-state index contributed by atoms with van der Waals surface area (Å²) in [6.45, 7) is 12.9. The van der Waals surface area contributed by atoms with Crippen molar-refractivity contribution >= 4 is 34.0 Å². The number of amides is 2. The third-order valence-electron chi connectivity index (χ3n) is 12.6. The number of aliphatic hydroxyl groups is 1. The number of nitrogens with zero attached hydrogens (tertiary/aromatic N) is 1. The minimum Gasteiger partial charge on any atom is -0.497 e. The molecule has 1 aromatic rings. The van der Waals surface area contributed by atoms with E-state index in [1.54, 1.807) is 48.5 Å². The van der Waals surface area contributed by atoms with Crippen LogP contribution < -0.4 is 20.1 Å². The molecular formula is C41H64N4O14S. The van der Waals surface area contributed by atoms with Gasteiger partial charge in [0.1, 0.15) is 35.4 Å². The molecule has 60 heavy (non-hydrogen) atoms. The van der Waals surface area contributed by atoms with Crippen molar-refractivity contribution in [2.45, 2.75) is 146 Å². The van der Waals surface area contributed by atoms with Gasteiger partial charge in [-0.25, -0.2) is 22.7 Å². The molecule has 4 aliphatic rings. The fourth-order valence-corrected chi connectivity index (χ4v) is 10.6. The second-order valence-corrected chi connectivity index (χ2v) is 19.2. The average molecular weight is 869 g/mol. The number of hydrogen-bond donors (Lipinski definition) is 4. The molecule has 1 unspecified atom stereocenters. The fraction of sp³-hybridized carbons (Fsp3) is 0.756. The van der Waals surface area contributed by atoms with Gasteiger partial charge in [0.25, 0.3) is 0 Å². The number of aliphatic hydroxyl groups excluding tert-OH is 1. The normalized spacial score (nSPS) is 39.9. The highest BCUT2D eigenvalue weighted by Gasteiger charge is 2.58. The number of ether oxygens (including phenoxy) is 7. The van der Waals surface area contributed by atoms with E-state index < -0.39 is 106 Å². The minimum atomic E-state index is -4.20. The molecule has 4 heterocycles. The molecule has 0 radical (unpaired) electrons. The second kappa shape index (κ2) is 18.8. The molecule has 0 aromatic heterocycles. The van der Waals surface area contributed by atoms with Crippen LogP contribution in [0.4, 0.5) is 9.59 Å². The minimum absolute atomic E-state index is 0.0719. The van der Waals surface area contributed by atoms with Crippen molar-refractivity contribution in [1.29, 1.82) is 0 Å². The van der Waals surface area contributed by atoms with Gasteiger partial charge in [-0.2, -0.15) is 0 Å². The van der Waals surface area contributed by atoms with Crippen LogP contribution in [0.1, 0.15) is 74.7 Å². The molecule has 338 valence electrons. The van der Waals surface area contributed by atoms with E-state index in [1.165, 1.54) is 31.4 Å². The molecule has 18 nitrogen and oxygen atoms in total. The quantitative estimate of drug-likeness (QED) is 0.218. The lowest BCUT2D eigenvalue weighted by atomic mass is 9.73. The van der Waals surface area contributed by atoms with E-state index in [9.17, 15) is 32.7 Å². The van der Waals surface area contributed by atoms with Crippen LogP contribution in [0.5, 0.6) is 5.75 Å². The van der Waals surface area contributed by atoms with Gasteiger partial charge in [0, 0.05) is 30.3 Å². The zero-order valence-electron chi connectivity index (χ0n) is 36.5. The molecule has 5 rings (SSSR count). The van der Waals surface area contributed by atoms with Crippen LogP contribution in [-0.4, -0.2) is 143 Å². The number of carbonyl (C=O) groups is 4. The molecule has 4 aliphatic heterocycles. The van der Waals surface area contributed by atoms with E-state index in [2.05, 4.69) is 15.4 Å². The maximum absolute atomic E-state index is 14.5. The van der Waals surface area contributed by atoms with Crippen molar-refractivity contribution in [3.05, 3.63) is 24.3 Å². The Labute approximate surface area is 353 Å². The lowest BCUT2D eigenvalue weighted by Crippen LogP contribution is -2.61. The van der Waals surface area contributed by atoms with Gasteiger partial charge in [0.2, 0.25) is 10.0 Å². The van der Waals surface area contributed by atoms with Crippen molar-refractivity contribution in [3.63, 3.8) is 0 Å². The Bertz CT molecular complexity index is 1820. The monoisotopic (exact) mass is 868 g/mol. The van der Waals surface area contributed by atoms with Crippen LogP contribution in [0.15, 0.2) is 29.2 Å². The third-order valence-corrected chi connectivity index (χ3v) is 14.2. The zero-order chi connectivity index (χ0) is 44.5. The number of hydrogen-bond acceptors (Lipinski definition) is 15. The number of nitrogens with one attached hydrogen (secondary N) is 3. The van der Waals surface area contributed by atoms with Gasteiger partial charge in [-0.1, -0.05) is 27.7 Å². The number of methoxy groups -OCH3 is 1. The summed E-state index contributed by atoms with van der Waals surface area (Å²) in [6.07, 6.45) is -7.26. The zero-order valence-corrected chi connectivity index (χ0v) is 37.3. The van der Waals surface area contributed by atoms with Crippen LogP contribution in [0, 0.1) is 23.7 Å². The summed E-state index contributed by atoms with van der Waals surface area (Å²) in [5.74, 6) is -4.27. The molecule has 2 amide bonds. The number of alkyl carbamates (subject to hydrolysis) is 2. The first-order chi connectivity index (χ1) is 28.0. The highest BCUT2D eigenvalue weighted by Crippen LogP contribution is 2.42. The Hall–Kier alpha value is -3.59. The van der Waals surface area contributed by atoms with Gasteiger partial charge in [-0.3, -0.25) is 9.59 Å². The Kier molecular flexibility index (Phi) is 14.9. The van der Waals surface area contributed by atoms with Gasteiger partial charge in [-0.15, -0.1) is 0 Å². The molecule has 0 spiro atoms. The number of carbonyl (C=O) groups excluding carboxylic acids is 4. The van der Waals surface area contributed by atoms with Crippen molar-refractivity contribution in [1.82, 2.24) is 20.3 Å². The van der Waals surface area contributed by atoms with E-state index in [1.807, 2.05) is 25.9 Å². The number of Topliss-reactive ketones (excluding diaryl/α,β-unsaturated/α-hetero) is 1. The van der Waals surface area contributed by atoms with Crippen molar-refractivity contribution in [2.24, 2.45) is 23.7 Å². The highest BCUT2D eigenvalue weighted by molar-refractivity contribution is 7.89. The van der Waals surface area contributed by atoms with E-state index in [4.69, 9.17) is 33.2 Å². The lowest BCUT2D eigenvalue weighted by molar-refractivity contribution is -0.299. The maximum Gasteiger partial charge on any atom is 0.408 e. The Morgan fingerprint density at radius 2 is 1.65 bits per heavy atom. The summed E-state index contributed by atoms with van der Waals surface area (Å²) in [5.41, 5.74) is -3.15. The van der Waals surface area contributed by atoms with Gasteiger partial charge >= 0.3 is 18.2 Å². The Morgan fingerprint density at radius 1 is 0.983 bits per heavy atom. The first-order valence-corrected chi connectivity index (χ1v) is 22.2. The molecule has 2 bridgehead atoms. The van der Waals surface area contributed by atoms with Crippen LogP contribution in [0.2, 0.25) is 0 Å². The number of esters is 1. The SMILES string of the molecule is CC[C@H]1OC(=O)[C@H](C)[C@H]2OCC(NS(=O)(=O)c3ccc(OC)cc3)CNC(=O)O[C@](C)(C[C@@H](C)C(=O)[C@H](C)[C@@H]3NC(=O)O[C@]13C)[C@H](O[C@@H]1O[C@H](C)C[C@H](N(C)C)[C@H]1O)[C@H]2C. The highest BCUT2D eigenvalue weighted by atomic mass is 32.2. The molecule has 4 saturated heterocycles. The first kappa shape index (κ1) is 47.5. The lowest BCUT2D eigenvalue weighted by Gasteiger charge is -2.48. The van der Waals surface area contributed by atoms with E-state index in [-0.39, 0.29) is 48.8 Å². The van der Waals surface area contributed by atoms with Crippen LogP contribution in [0.25, 0.3) is 0 Å². The Morgan fingerprint density at radius 3 is 2.27 bits per heavy atom. The standard InChI is InChI=1S/C41H64N4O14S/c1-12-30-41(8)34(43-39(50)59-41)23(4)31(46)21(2)18-40(7)35(57-37-32(47)29(45(9)10)17-22(3)55-37)24(5)33(25(6)36(48)56-30)54-20-26(19-42-38(49)58-40)44-60(51,52)28-15-13-27(53-11)14-16-28/h13-16,21-26,29-30,32-35,37,44,47H,12,17-20H2,1-11H3,(H,42,49)(H,43,50)/t21-,22-,23+,24+,25-,26?,29+,30-,32-,33+,34+,35-,37+,40-,41-/m1/s1. The summed E-state index contributed by atoms with van der Waals surface area (Å²) in [4.78, 5) is 57.6. The van der Waals surface area contributed by atoms with E-state index in [0.717, 1.165) is 0 Å². The van der Waals surface area contributed by atoms with Gasteiger partial charge in [-0.05, 0) is 85.3 Å². The number of likely N-dealkylation sites (N-methyl/N-ethyl adjacent to an activating group) is 1. The largest absolute Gasteiger partial charge is 0.497 e. The smallest absolute Gasteiger partial charge is 0.408 e. The number of rotatable bonds is 8. The summed E-state index contributed by atoms with van der Waals surface area (Å²) in [6, 6.07) is 3.37. The van der Waals surface area contributed by atoms with Crippen molar-refractivity contribution < 1.29 is 65.9 Å². The maximum atomic E-state index is 14.5. The number of ketones is 1. The van der Waals surface area contributed by atoms with Gasteiger partial charge < -0.3 is 53.8 Å². The molecule has 15 atom stereocenters. The Balaban J connectivity index is 1.64. The molecule has 19 heteroatoms.